The minimum atomic E-state index is -1.22. The van der Waals surface area contributed by atoms with Crippen LogP contribution in [0.2, 0.25) is 0 Å². The number of rotatable bonds is 5. The number of benzene rings is 1. The molecule has 1 rings (SSSR count). The van der Waals surface area contributed by atoms with Gasteiger partial charge in [0.05, 0.1) is 7.11 Å². The van der Waals surface area contributed by atoms with Crippen molar-refractivity contribution in [2.24, 2.45) is 0 Å². The van der Waals surface area contributed by atoms with E-state index in [2.05, 4.69) is 4.74 Å². The third kappa shape index (κ3) is 4.17. The van der Waals surface area contributed by atoms with E-state index in [4.69, 9.17) is 9.84 Å². The van der Waals surface area contributed by atoms with Gasteiger partial charge >= 0.3 is 11.9 Å². The summed E-state index contributed by atoms with van der Waals surface area (Å²) in [6, 6.07) is 4.57. The van der Waals surface area contributed by atoms with Gasteiger partial charge < -0.3 is 19.7 Å². The van der Waals surface area contributed by atoms with Crippen LogP contribution in [0.3, 0.4) is 0 Å². The highest BCUT2D eigenvalue weighted by atomic mass is 16.5. The summed E-state index contributed by atoms with van der Waals surface area (Å²) in [7, 11) is 1.42. The van der Waals surface area contributed by atoms with E-state index >= 15 is 0 Å². The number of aliphatic carboxylic acids is 1. The summed E-state index contributed by atoms with van der Waals surface area (Å²) in [6.45, 7) is -0.683. The van der Waals surface area contributed by atoms with Crippen LogP contribution in [0.4, 0.5) is 0 Å². The Balaban J connectivity index is 2.64. The van der Waals surface area contributed by atoms with Gasteiger partial charge in [-0.05, 0) is 23.8 Å². The number of ether oxygens (including phenoxy) is 2. The van der Waals surface area contributed by atoms with Crippen LogP contribution in [-0.4, -0.2) is 35.9 Å². The van der Waals surface area contributed by atoms with Gasteiger partial charge in [-0.25, -0.2) is 9.59 Å². The van der Waals surface area contributed by atoms with Crippen molar-refractivity contribution < 1.29 is 29.3 Å². The number of aromatic hydroxyl groups is 1. The standard InChI is InChI=1S/C12H12O6/c1-17-10-4-2-8(6-9(10)13)3-5-12(16)18-7-11(14)15/h2-6,13H,7H2,1H3,(H,14,15)/b5-3+. The molecule has 18 heavy (non-hydrogen) atoms. The molecular weight excluding hydrogens is 240 g/mol. The number of carbonyl (C=O) groups is 2. The van der Waals surface area contributed by atoms with Crippen molar-refractivity contribution in [3.05, 3.63) is 29.8 Å². The van der Waals surface area contributed by atoms with Gasteiger partial charge in [0.25, 0.3) is 0 Å². The van der Waals surface area contributed by atoms with Crippen molar-refractivity contribution >= 4 is 18.0 Å². The molecule has 6 nitrogen and oxygen atoms in total. The molecule has 0 aliphatic carbocycles. The van der Waals surface area contributed by atoms with E-state index in [-0.39, 0.29) is 5.75 Å². The maximum Gasteiger partial charge on any atom is 0.341 e. The molecular formula is C12H12O6. The minimum absolute atomic E-state index is 0.0569. The summed E-state index contributed by atoms with van der Waals surface area (Å²) in [5.41, 5.74) is 0.556. The highest BCUT2D eigenvalue weighted by Gasteiger charge is 2.03. The maximum atomic E-state index is 11.1. The number of carboxylic acids is 1. The molecule has 0 unspecified atom stereocenters. The first-order valence-electron chi connectivity index (χ1n) is 4.96. The van der Waals surface area contributed by atoms with E-state index < -0.39 is 18.5 Å². The highest BCUT2D eigenvalue weighted by molar-refractivity contribution is 5.88. The van der Waals surface area contributed by atoms with Crippen molar-refractivity contribution in [1.82, 2.24) is 0 Å². The Morgan fingerprint density at radius 3 is 2.67 bits per heavy atom. The molecule has 0 fully saturated rings. The molecule has 0 aromatic heterocycles. The monoisotopic (exact) mass is 252 g/mol. The topological polar surface area (TPSA) is 93.1 Å². The zero-order valence-electron chi connectivity index (χ0n) is 9.62. The average Bonchev–Trinajstić information content (AvgIpc) is 2.34. The number of carbonyl (C=O) groups excluding carboxylic acids is 1. The summed E-state index contributed by atoms with van der Waals surface area (Å²) in [5.74, 6) is -1.73. The second-order valence-corrected chi connectivity index (χ2v) is 3.27. The van der Waals surface area contributed by atoms with E-state index in [1.165, 1.54) is 25.3 Å². The molecule has 0 aliphatic heterocycles. The second-order valence-electron chi connectivity index (χ2n) is 3.27. The van der Waals surface area contributed by atoms with Gasteiger partial charge in [-0.1, -0.05) is 6.07 Å². The molecule has 0 saturated heterocycles. The Labute approximate surface area is 103 Å². The second kappa shape index (κ2) is 6.29. The van der Waals surface area contributed by atoms with Gasteiger partial charge in [-0.3, -0.25) is 0 Å². The lowest BCUT2D eigenvalue weighted by Crippen LogP contribution is -2.10. The Morgan fingerprint density at radius 2 is 2.11 bits per heavy atom. The van der Waals surface area contributed by atoms with Crippen molar-refractivity contribution in [2.45, 2.75) is 0 Å². The van der Waals surface area contributed by atoms with Gasteiger partial charge in [0, 0.05) is 6.08 Å². The zero-order chi connectivity index (χ0) is 13.5. The molecule has 6 heteroatoms. The number of hydrogen-bond acceptors (Lipinski definition) is 5. The lowest BCUT2D eigenvalue weighted by molar-refractivity contribution is -0.151. The van der Waals surface area contributed by atoms with Crippen molar-refractivity contribution in [3.63, 3.8) is 0 Å². The third-order valence-corrected chi connectivity index (χ3v) is 1.95. The molecule has 0 spiro atoms. The number of phenolic OH excluding ortho intramolecular Hbond substituents is 1. The summed E-state index contributed by atoms with van der Waals surface area (Å²) >= 11 is 0. The highest BCUT2D eigenvalue weighted by Crippen LogP contribution is 2.26. The fraction of sp³-hybridized carbons (Fsp3) is 0.167. The number of esters is 1. The molecule has 0 aliphatic rings. The largest absolute Gasteiger partial charge is 0.504 e. The lowest BCUT2D eigenvalue weighted by atomic mass is 10.2. The van der Waals surface area contributed by atoms with E-state index in [0.29, 0.717) is 11.3 Å². The predicted molar refractivity (Wildman–Crippen MR) is 62.3 cm³/mol. The molecule has 0 saturated carbocycles. The summed E-state index contributed by atoms with van der Waals surface area (Å²) in [6.07, 6.45) is 2.47. The third-order valence-electron chi connectivity index (χ3n) is 1.95. The normalized spacial score (nSPS) is 10.3. The van der Waals surface area contributed by atoms with Crippen molar-refractivity contribution in [3.8, 4) is 11.5 Å². The van der Waals surface area contributed by atoms with Crippen LogP contribution in [-0.2, 0) is 14.3 Å². The predicted octanol–water partition coefficient (Wildman–Crippen LogP) is 1.04. The molecule has 0 amide bonds. The van der Waals surface area contributed by atoms with E-state index in [1.54, 1.807) is 6.07 Å². The number of methoxy groups -OCH3 is 1. The summed E-state index contributed by atoms with van der Waals surface area (Å²) < 4.78 is 9.25. The first-order valence-corrected chi connectivity index (χ1v) is 4.96. The van der Waals surface area contributed by atoms with Crippen LogP contribution in [0, 0.1) is 0 Å². The Hall–Kier alpha value is -2.50. The van der Waals surface area contributed by atoms with Crippen LogP contribution in [0.1, 0.15) is 5.56 Å². The molecule has 2 N–H and O–H groups in total. The quantitative estimate of drug-likeness (QED) is 0.600. The van der Waals surface area contributed by atoms with Crippen LogP contribution >= 0.6 is 0 Å². The van der Waals surface area contributed by atoms with Crippen LogP contribution in [0.5, 0.6) is 11.5 Å². The summed E-state index contributed by atoms with van der Waals surface area (Å²) in [4.78, 5) is 21.2. The number of phenols is 1. The molecule has 1 aromatic rings. The van der Waals surface area contributed by atoms with Crippen LogP contribution < -0.4 is 4.74 Å². The van der Waals surface area contributed by atoms with E-state index in [1.807, 2.05) is 0 Å². The molecule has 96 valence electrons. The van der Waals surface area contributed by atoms with Crippen LogP contribution in [0.25, 0.3) is 6.08 Å². The van der Waals surface area contributed by atoms with Gasteiger partial charge in [-0.15, -0.1) is 0 Å². The first-order chi connectivity index (χ1) is 8.52. The van der Waals surface area contributed by atoms with Gasteiger partial charge in [0.15, 0.2) is 18.1 Å². The molecule has 1 aromatic carbocycles. The average molecular weight is 252 g/mol. The molecule has 0 heterocycles. The van der Waals surface area contributed by atoms with Crippen molar-refractivity contribution in [1.29, 1.82) is 0 Å². The minimum Gasteiger partial charge on any atom is -0.504 e. The Morgan fingerprint density at radius 1 is 1.39 bits per heavy atom. The molecule has 0 radical (unpaired) electrons. The molecule has 0 atom stereocenters. The van der Waals surface area contributed by atoms with Gasteiger partial charge in [0.2, 0.25) is 0 Å². The first kappa shape index (κ1) is 13.6. The SMILES string of the molecule is COc1ccc(/C=C/C(=O)OCC(=O)O)cc1O. The fourth-order valence-corrected chi connectivity index (χ4v) is 1.16. The summed E-state index contributed by atoms with van der Waals surface area (Å²) in [5, 5.41) is 17.8. The number of carboxylic acid groups (broad SMARTS) is 1. The van der Waals surface area contributed by atoms with Gasteiger partial charge in [-0.2, -0.15) is 0 Å². The van der Waals surface area contributed by atoms with E-state index in [0.717, 1.165) is 6.08 Å². The maximum absolute atomic E-state index is 11.1. The van der Waals surface area contributed by atoms with E-state index in [9.17, 15) is 14.7 Å². The van der Waals surface area contributed by atoms with Crippen LogP contribution in [0.15, 0.2) is 24.3 Å². The lowest BCUT2D eigenvalue weighted by Gasteiger charge is -2.03. The Kier molecular flexibility index (Phi) is 4.74. The fourth-order valence-electron chi connectivity index (χ4n) is 1.16. The smallest absolute Gasteiger partial charge is 0.341 e. The molecule has 0 bridgehead atoms. The van der Waals surface area contributed by atoms with Crippen molar-refractivity contribution in [2.75, 3.05) is 13.7 Å². The zero-order valence-corrected chi connectivity index (χ0v) is 9.62. The Bertz CT molecular complexity index is 477. The van der Waals surface area contributed by atoms with Gasteiger partial charge in [0.1, 0.15) is 0 Å². The number of hydrogen-bond donors (Lipinski definition) is 2.